The van der Waals surface area contributed by atoms with Gasteiger partial charge in [0.25, 0.3) is 0 Å². The molecule has 0 saturated carbocycles. The minimum atomic E-state index is 0.565. The van der Waals surface area contributed by atoms with Gasteiger partial charge >= 0.3 is 0 Å². The molecule has 0 radical (unpaired) electrons. The molecule has 0 fully saturated rings. The average molecular weight is 228 g/mol. The predicted molar refractivity (Wildman–Crippen MR) is 65.1 cm³/mol. The van der Waals surface area contributed by atoms with E-state index in [1.54, 1.807) is 12.4 Å². The van der Waals surface area contributed by atoms with Crippen LogP contribution in [0.1, 0.15) is 6.92 Å². The smallest absolute Gasteiger partial charge is 0.229 e. The summed E-state index contributed by atoms with van der Waals surface area (Å²) in [6.45, 7) is 2.89. The van der Waals surface area contributed by atoms with Crippen LogP contribution in [0.2, 0.25) is 0 Å². The summed E-state index contributed by atoms with van der Waals surface area (Å²) in [5.41, 5.74) is 1.71. The second-order valence-corrected chi connectivity index (χ2v) is 3.68. The highest BCUT2D eigenvalue weighted by Crippen LogP contribution is 2.14. The van der Waals surface area contributed by atoms with Crippen LogP contribution in [0.4, 0.5) is 11.6 Å². The molecule has 3 heterocycles. The molecule has 17 heavy (non-hydrogen) atoms. The Labute approximate surface area is 97.7 Å². The summed E-state index contributed by atoms with van der Waals surface area (Å²) >= 11 is 0. The van der Waals surface area contributed by atoms with Gasteiger partial charge in [-0.15, -0.1) is 0 Å². The Morgan fingerprint density at radius 1 is 1.41 bits per heavy atom. The predicted octanol–water partition coefficient (Wildman–Crippen LogP) is 1.92. The third-order valence-corrected chi connectivity index (χ3v) is 2.51. The number of aromatic amines is 1. The number of hydrogen-bond acceptors (Lipinski definition) is 4. The molecule has 3 aromatic heterocycles. The van der Waals surface area contributed by atoms with Crippen molar-refractivity contribution in [3.05, 3.63) is 30.9 Å². The van der Waals surface area contributed by atoms with Crippen molar-refractivity contribution < 1.29 is 0 Å². The Bertz CT molecular complexity index is 638. The van der Waals surface area contributed by atoms with E-state index in [-0.39, 0.29) is 0 Å². The van der Waals surface area contributed by atoms with Gasteiger partial charge in [-0.2, -0.15) is 10.1 Å². The van der Waals surface area contributed by atoms with Gasteiger partial charge in [-0.25, -0.2) is 4.98 Å². The van der Waals surface area contributed by atoms with E-state index >= 15 is 0 Å². The molecule has 2 N–H and O–H groups in total. The maximum absolute atomic E-state index is 4.35. The maximum Gasteiger partial charge on any atom is 0.229 e. The summed E-state index contributed by atoms with van der Waals surface area (Å²) in [5, 5.41) is 8.29. The molecule has 3 rings (SSSR count). The zero-order valence-electron chi connectivity index (χ0n) is 9.38. The van der Waals surface area contributed by atoms with Crippen molar-refractivity contribution in [2.24, 2.45) is 0 Å². The van der Waals surface area contributed by atoms with Crippen molar-refractivity contribution in [3.63, 3.8) is 0 Å². The lowest BCUT2D eigenvalue weighted by molar-refractivity contribution is 0.660. The first-order chi connectivity index (χ1) is 8.35. The van der Waals surface area contributed by atoms with E-state index in [4.69, 9.17) is 0 Å². The van der Waals surface area contributed by atoms with Gasteiger partial charge in [0.05, 0.1) is 11.9 Å². The second kappa shape index (κ2) is 3.89. The van der Waals surface area contributed by atoms with Crippen molar-refractivity contribution in [3.8, 4) is 0 Å². The number of anilines is 2. The quantitative estimate of drug-likeness (QED) is 0.718. The first kappa shape index (κ1) is 9.83. The Hall–Kier alpha value is -2.37. The molecule has 0 unspecified atom stereocenters. The van der Waals surface area contributed by atoms with E-state index in [0.29, 0.717) is 5.95 Å². The highest BCUT2D eigenvalue weighted by molar-refractivity contribution is 5.75. The molecule has 0 spiro atoms. The fourth-order valence-electron chi connectivity index (χ4n) is 1.63. The molecule has 6 heteroatoms. The van der Waals surface area contributed by atoms with Crippen molar-refractivity contribution >= 4 is 22.7 Å². The fraction of sp³-hybridized carbons (Fsp3) is 0.182. The molecular weight excluding hydrogens is 216 g/mol. The number of H-pyrrole nitrogens is 1. The van der Waals surface area contributed by atoms with Gasteiger partial charge in [-0.1, -0.05) is 0 Å². The number of hydrogen-bond donors (Lipinski definition) is 2. The van der Waals surface area contributed by atoms with Crippen molar-refractivity contribution in [2.75, 3.05) is 5.32 Å². The number of aryl methyl sites for hydroxylation is 1. The van der Waals surface area contributed by atoms with E-state index in [1.165, 1.54) is 0 Å². The van der Waals surface area contributed by atoms with Gasteiger partial charge in [-0.05, 0) is 13.0 Å². The molecule has 6 nitrogen and oxygen atoms in total. The zero-order chi connectivity index (χ0) is 11.7. The van der Waals surface area contributed by atoms with Gasteiger partial charge in [0.15, 0.2) is 0 Å². The van der Waals surface area contributed by atoms with E-state index < -0.39 is 0 Å². The van der Waals surface area contributed by atoms with Gasteiger partial charge in [-0.3, -0.25) is 4.68 Å². The largest absolute Gasteiger partial charge is 0.346 e. The average Bonchev–Trinajstić information content (AvgIpc) is 2.96. The number of nitrogens with one attached hydrogen (secondary N) is 2. The van der Waals surface area contributed by atoms with Crippen LogP contribution >= 0.6 is 0 Å². The van der Waals surface area contributed by atoms with Crippen LogP contribution in [0.3, 0.4) is 0 Å². The molecule has 0 saturated heterocycles. The van der Waals surface area contributed by atoms with Gasteiger partial charge in [0.2, 0.25) is 5.95 Å². The highest BCUT2D eigenvalue weighted by Gasteiger charge is 2.02. The summed E-state index contributed by atoms with van der Waals surface area (Å²) in [7, 11) is 0. The maximum atomic E-state index is 4.35. The molecule has 0 bridgehead atoms. The van der Waals surface area contributed by atoms with Crippen LogP contribution in [0.25, 0.3) is 11.0 Å². The summed E-state index contributed by atoms with van der Waals surface area (Å²) in [4.78, 5) is 11.6. The molecule has 0 amide bonds. The van der Waals surface area contributed by atoms with Crippen LogP contribution in [-0.2, 0) is 6.54 Å². The second-order valence-electron chi connectivity index (χ2n) is 3.68. The van der Waals surface area contributed by atoms with E-state index in [9.17, 15) is 0 Å². The summed E-state index contributed by atoms with van der Waals surface area (Å²) in [6, 6.07) is 1.94. The van der Waals surface area contributed by atoms with Crippen LogP contribution in [0.5, 0.6) is 0 Å². The van der Waals surface area contributed by atoms with Gasteiger partial charge in [0, 0.05) is 30.5 Å². The number of rotatable bonds is 3. The van der Waals surface area contributed by atoms with E-state index in [0.717, 1.165) is 23.3 Å². The van der Waals surface area contributed by atoms with Crippen LogP contribution < -0.4 is 5.32 Å². The summed E-state index contributed by atoms with van der Waals surface area (Å²) in [6.07, 6.45) is 7.30. The first-order valence-corrected chi connectivity index (χ1v) is 5.45. The minimum Gasteiger partial charge on any atom is -0.346 e. The molecule has 0 atom stereocenters. The molecule has 0 aliphatic heterocycles. The van der Waals surface area contributed by atoms with Crippen molar-refractivity contribution in [1.29, 1.82) is 0 Å². The Balaban J connectivity index is 1.88. The lowest BCUT2D eigenvalue weighted by atomic mass is 10.4. The topological polar surface area (TPSA) is 71.4 Å². The molecule has 0 aliphatic rings. The SMILES string of the molecule is CCn1cc(Nc2ncc3cc[nH]c3n2)cn1. The first-order valence-electron chi connectivity index (χ1n) is 5.45. The molecule has 86 valence electrons. The summed E-state index contributed by atoms with van der Waals surface area (Å²) < 4.78 is 1.84. The Morgan fingerprint density at radius 2 is 2.35 bits per heavy atom. The fourth-order valence-corrected chi connectivity index (χ4v) is 1.63. The Morgan fingerprint density at radius 3 is 3.18 bits per heavy atom. The van der Waals surface area contributed by atoms with Crippen LogP contribution in [0, 0.1) is 0 Å². The zero-order valence-corrected chi connectivity index (χ0v) is 9.38. The van der Waals surface area contributed by atoms with Crippen molar-refractivity contribution in [1.82, 2.24) is 24.7 Å². The van der Waals surface area contributed by atoms with Crippen molar-refractivity contribution in [2.45, 2.75) is 13.5 Å². The summed E-state index contributed by atoms with van der Waals surface area (Å²) in [5.74, 6) is 0.565. The molecule has 0 aromatic carbocycles. The number of aromatic nitrogens is 5. The standard InChI is InChI=1S/C11H12N6/c1-2-17-7-9(6-14-17)15-11-13-5-8-3-4-12-10(8)16-11/h3-7H,2H2,1H3,(H2,12,13,15,16). The molecule has 3 aromatic rings. The highest BCUT2D eigenvalue weighted by atomic mass is 15.3. The molecule has 0 aliphatic carbocycles. The third kappa shape index (κ3) is 1.84. The monoisotopic (exact) mass is 228 g/mol. The van der Waals surface area contributed by atoms with Crippen LogP contribution in [-0.4, -0.2) is 24.7 Å². The minimum absolute atomic E-state index is 0.565. The normalized spacial score (nSPS) is 10.9. The lowest BCUT2D eigenvalue weighted by Gasteiger charge is -2.00. The number of fused-ring (bicyclic) bond motifs is 1. The number of nitrogens with zero attached hydrogens (tertiary/aromatic N) is 4. The van der Waals surface area contributed by atoms with E-state index in [1.807, 2.05) is 30.1 Å². The van der Waals surface area contributed by atoms with Crippen LogP contribution in [0.15, 0.2) is 30.9 Å². The Kier molecular flexibility index (Phi) is 2.25. The van der Waals surface area contributed by atoms with E-state index in [2.05, 4.69) is 25.4 Å². The van der Waals surface area contributed by atoms with Gasteiger partial charge < -0.3 is 10.3 Å². The molecular formula is C11H12N6. The third-order valence-electron chi connectivity index (χ3n) is 2.51. The van der Waals surface area contributed by atoms with Gasteiger partial charge in [0.1, 0.15) is 5.65 Å². The lowest BCUT2D eigenvalue weighted by Crippen LogP contribution is -1.96.